The summed E-state index contributed by atoms with van der Waals surface area (Å²) in [6.07, 6.45) is 0. The molecule has 166 valence electrons. The van der Waals surface area contributed by atoms with Crippen LogP contribution in [0, 0.1) is 0 Å². The predicted molar refractivity (Wildman–Crippen MR) is 128 cm³/mol. The van der Waals surface area contributed by atoms with E-state index in [1.54, 1.807) is 55.5 Å². The fraction of sp³-hybridized carbons (Fsp3) is 0.115. The Labute approximate surface area is 197 Å². The summed E-state index contributed by atoms with van der Waals surface area (Å²) in [7, 11) is 0. The third-order valence-corrected chi connectivity index (χ3v) is 5.36. The van der Waals surface area contributed by atoms with Gasteiger partial charge in [0.25, 0.3) is 0 Å². The molecule has 0 aromatic heterocycles. The third kappa shape index (κ3) is 5.45. The van der Waals surface area contributed by atoms with Gasteiger partial charge in [-0.25, -0.2) is 9.59 Å². The molecule has 2 N–H and O–H groups in total. The lowest BCUT2D eigenvalue weighted by Crippen LogP contribution is -2.45. The van der Waals surface area contributed by atoms with Gasteiger partial charge in [0.05, 0.1) is 17.2 Å². The number of nitrogens with one attached hydrogen (secondary N) is 2. The Bertz CT molecular complexity index is 1190. The molecular formula is C26H22N2O4S. The molecule has 4 rings (SSSR count). The van der Waals surface area contributed by atoms with Gasteiger partial charge in [-0.3, -0.25) is 0 Å². The van der Waals surface area contributed by atoms with Crippen molar-refractivity contribution < 1.29 is 19.1 Å². The fourth-order valence-corrected chi connectivity index (χ4v) is 3.75. The van der Waals surface area contributed by atoms with E-state index in [2.05, 4.69) is 10.6 Å². The number of hydrogen-bond acceptors (Lipinski definition) is 5. The molecule has 1 aliphatic rings. The first-order valence-corrected chi connectivity index (χ1v) is 10.8. The molecule has 1 atom stereocenters. The Morgan fingerprint density at radius 2 is 1.52 bits per heavy atom. The van der Waals surface area contributed by atoms with Crippen molar-refractivity contribution >= 4 is 29.3 Å². The molecule has 1 heterocycles. The average molecular weight is 459 g/mol. The lowest BCUT2D eigenvalue weighted by atomic mass is 9.95. The highest BCUT2D eigenvalue weighted by atomic mass is 32.1. The first-order chi connectivity index (χ1) is 16.0. The summed E-state index contributed by atoms with van der Waals surface area (Å²) in [5.74, 6) is -0.480. The van der Waals surface area contributed by atoms with Gasteiger partial charge in [-0.1, -0.05) is 60.7 Å². The molecule has 7 heteroatoms. The van der Waals surface area contributed by atoms with Crippen LogP contribution in [0.1, 0.15) is 34.5 Å². The highest BCUT2D eigenvalue weighted by Gasteiger charge is 2.31. The molecule has 0 saturated heterocycles. The predicted octanol–water partition coefficient (Wildman–Crippen LogP) is 4.44. The molecule has 33 heavy (non-hydrogen) atoms. The summed E-state index contributed by atoms with van der Waals surface area (Å²) in [6, 6.07) is 24.7. The van der Waals surface area contributed by atoms with Crippen LogP contribution in [0.5, 0.6) is 5.75 Å². The molecule has 0 fully saturated rings. The van der Waals surface area contributed by atoms with Gasteiger partial charge >= 0.3 is 11.9 Å². The van der Waals surface area contributed by atoms with Gasteiger partial charge in [0.2, 0.25) is 0 Å². The molecule has 0 unspecified atom stereocenters. The Morgan fingerprint density at radius 3 is 2.18 bits per heavy atom. The van der Waals surface area contributed by atoms with Gasteiger partial charge in [0.1, 0.15) is 12.4 Å². The number of ether oxygens (including phenoxy) is 2. The summed E-state index contributed by atoms with van der Waals surface area (Å²) < 4.78 is 11.0. The summed E-state index contributed by atoms with van der Waals surface area (Å²) in [5, 5.41) is 6.54. The summed E-state index contributed by atoms with van der Waals surface area (Å²) >= 11 is 5.30. The van der Waals surface area contributed by atoms with Crippen molar-refractivity contribution in [3.05, 3.63) is 113 Å². The van der Waals surface area contributed by atoms with Gasteiger partial charge in [-0.15, -0.1) is 0 Å². The van der Waals surface area contributed by atoms with Crippen LogP contribution >= 0.6 is 12.2 Å². The average Bonchev–Trinajstić information content (AvgIpc) is 2.84. The van der Waals surface area contributed by atoms with Crippen molar-refractivity contribution in [1.82, 2.24) is 10.6 Å². The van der Waals surface area contributed by atoms with Crippen LogP contribution in [0.2, 0.25) is 0 Å². The van der Waals surface area contributed by atoms with E-state index in [1.165, 1.54) is 0 Å². The van der Waals surface area contributed by atoms with E-state index in [1.807, 2.05) is 36.4 Å². The summed E-state index contributed by atoms with van der Waals surface area (Å²) in [4.78, 5) is 25.3. The van der Waals surface area contributed by atoms with Crippen molar-refractivity contribution in [3.8, 4) is 5.75 Å². The molecule has 1 aliphatic heterocycles. The number of allylic oxidation sites excluding steroid dienone is 1. The smallest absolute Gasteiger partial charge is 0.343 e. The monoisotopic (exact) mass is 458 g/mol. The second-order valence-electron chi connectivity index (χ2n) is 7.46. The van der Waals surface area contributed by atoms with Crippen molar-refractivity contribution in [2.75, 3.05) is 0 Å². The zero-order valence-corrected chi connectivity index (χ0v) is 18.7. The van der Waals surface area contributed by atoms with Crippen LogP contribution in [0.3, 0.4) is 0 Å². The Morgan fingerprint density at radius 1 is 0.879 bits per heavy atom. The van der Waals surface area contributed by atoms with Crippen LogP contribution in [-0.4, -0.2) is 17.1 Å². The van der Waals surface area contributed by atoms with E-state index in [0.717, 1.165) is 11.1 Å². The zero-order valence-electron chi connectivity index (χ0n) is 17.9. The number of benzene rings is 3. The van der Waals surface area contributed by atoms with Gasteiger partial charge in [0.15, 0.2) is 5.11 Å². The third-order valence-electron chi connectivity index (χ3n) is 5.14. The molecule has 0 aliphatic carbocycles. The molecule has 3 aromatic rings. The number of esters is 2. The van der Waals surface area contributed by atoms with Crippen molar-refractivity contribution in [2.24, 2.45) is 0 Å². The Kier molecular flexibility index (Phi) is 6.80. The number of carbonyl (C=O) groups is 2. The first-order valence-electron chi connectivity index (χ1n) is 10.4. The molecule has 3 aromatic carbocycles. The van der Waals surface area contributed by atoms with Crippen molar-refractivity contribution in [1.29, 1.82) is 0 Å². The van der Waals surface area contributed by atoms with E-state index in [-0.39, 0.29) is 6.61 Å². The molecule has 6 nitrogen and oxygen atoms in total. The minimum atomic E-state index is -0.499. The van der Waals surface area contributed by atoms with E-state index < -0.39 is 18.0 Å². The number of hydrogen-bond donors (Lipinski definition) is 2. The van der Waals surface area contributed by atoms with E-state index in [9.17, 15) is 9.59 Å². The zero-order chi connectivity index (χ0) is 23.2. The van der Waals surface area contributed by atoms with Gasteiger partial charge in [0, 0.05) is 5.70 Å². The quantitative estimate of drug-likeness (QED) is 0.321. The van der Waals surface area contributed by atoms with Crippen molar-refractivity contribution in [3.63, 3.8) is 0 Å². The van der Waals surface area contributed by atoms with Gasteiger partial charge in [-0.05, 0) is 54.5 Å². The van der Waals surface area contributed by atoms with Crippen molar-refractivity contribution in [2.45, 2.75) is 19.6 Å². The molecule has 0 radical (unpaired) electrons. The molecular weight excluding hydrogens is 436 g/mol. The maximum atomic E-state index is 13.0. The number of thiocarbonyl (C=S) groups is 1. The highest BCUT2D eigenvalue weighted by Crippen LogP contribution is 2.29. The van der Waals surface area contributed by atoms with Crippen LogP contribution in [0.15, 0.2) is 96.2 Å². The van der Waals surface area contributed by atoms with Gasteiger partial charge < -0.3 is 20.1 Å². The second kappa shape index (κ2) is 10.1. The number of carbonyl (C=O) groups excluding carboxylic acids is 2. The standard InChI is InChI=1S/C26H22N2O4S/c1-17-22(25(30)31-16-18-8-4-2-5-9-18)23(28-26(33)27-17)19-12-14-21(15-13-19)32-24(29)20-10-6-3-7-11-20/h2-15,23H,16H2,1H3,(H2,27,28,33)/t23-/m1/s1. The van der Waals surface area contributed by atoms with Crippen LogP contribution < -0.4 is 15.4 Å². The maximum absolute atomic E-state index is 13.0. The summed E-state index contributed by atoms with van der Waals surface area (Å²) in [5.41, 5.74) is 3.21. The van der Waals surface area contributed by atoms with E-state index in [4.69, 9.17) is 21.7 Å². The van der Waals surface area contributed by atoms with Crippen LogP contribution in [0.4, 0.5) is 0 Å². The largest absolute Gasteiger partial charge is 0.457 e. The normalized spacial score (nSPS) is 15.3. The molecule has 0 saturated carbocycles. The summed E-state index contributed by atoms with van der Waals surface area (Å²) in [6.45, 7) is 1.96. The molecule has 0 spiro atoms. The Hall–Kier alpha value is -3.97. The minimum Gasteiger partial charge on any atom is -0.457 e. The lowest BCUT2D eigenvalue weighted by Gasteiger charge is -2.30. The molecule has 0 bridgehead atoms. The maximum Gasteiger partial charge on any atom is 0.343 e. The Balaban J connectivity index is 1.50. The minimum absolute atomic E-state index is 0.169. The SMILES string of the molecule is CC1=C(C(=O)OCc2ccccc2)[C@@H](c2ccc(OC(=O)c3ccccc3)cc2)NC(=S)N1. The highest BCUT2D eigenvalue weighted by molar-refractivity contribution is 7.80. The van der Waals surface area contributed by atoms with Crippen LogP contribution in [-0.2, 0) is 16.1 Å². The number of rotatable bonds is 6. The van der Waals surface area contributed by atoms with Gasteiger partial charge in [-0.2, -0.15) is 0 Å². The second-order valence-corrected chi connectivity index (χ2v) is 7.86. The lowest BCUT2D eigenvalue weighted by molar-refractivity contribution is -0.140. The fourth-order valence-electron chi connectivity index (χ4n) is 3.48. The topological polar surface area (TPSA) is 76.7 Å². The van der Waals surface area contributed by atoms with E-state index in [0.29, 0.717) is 27.7 Å². The first kappa shape index (κ1) is 22.2. The molecule has 0 amide bonds. The van der Waals surface area contributed by atoms with Crippen LogP contribution in [0.25, 0.3) is 0 Å². The van der Waals surface area contributed by atoms with E-state index >= 15 is 0 Å².